The van der Waals surface area contributed by atoms with Gasteiger partial charge in [-0.2, -0.15) is 0 Å². The number of aromatic nitrogens is 1. The number of fused-ring (bicyclic) bond motifs is 1. The highest BCUT2D eigenvalue weighted by Gasteiger charge is 2.46. The molecule has 1 aromatic carbocycles. The summed E-state index contributed by atoms with van der Waals surface area (Å²) in [5, 5.41) is 6.63. The summed E-state index contributed by atoms with van der Waals surface area (Å²) < 4.78 is 43.9. The van der Waals surface area contributed by atoms with E-state index in [0.29, 0.717) is 34.4 Å². The second-order valence-corrected chi connectivity index (χ2v) is 17.3. The number of carbonyl (C=O) groups excluding carboxylic acids is 4. The lowest BCUT2D eigenvalue weighted by Gasteiger charge is -2.35. The maximum Gasteiger partial charge on any atom is 0.408 e. The molecule has 16 heteroatoms. The van der Waals surface area contributed by atoms with E-state index in [0.717, 1.165) is 0 Å². The first-order chi connectivity index (χ1) is 23.7. The lowest BCUT2D eigenvalue weighted by Crippen LogP contribution is -2.58. The number of hydrogen-bond acceptors (Lipinski definition) is 10. The van der Waals surface area contributed by atoms with Gasteiger partial charge in [0.1, 0.15) is 29.5 Å². The molecule has 2 aromatic rings. The number of rotatable bonds is 13. The summed E-state index contributed by atoms with van der Waals surface area (Å²) in [6.45, 7) is 14.1. The Labute approximate surface area is 304 Å². The molecular formula is C35H48ClN5O9S. The average Bonchev–Trinajstić information content (AvgIpc) is 3.81. The van der Waals surface area contributed by atoms with E-state index in [-0.39, 0.29) is 31.8 Å². The van der Waals surface area contributed by atoms with Crippen LogP contribution < -0.4 is 24.8 Å². The van der Waals surface area contributed by atoms with Crippen LogP contribution in [-0.2, 0) is 29.1 Å². The number of carbonyl (C=O) groups is 4. The van der Waals surface area contributed by atoms with Crippen LogP contribution in [0.3, 0.4) is 0 Å². The number of methoxy groups -OCH3 is 1. The summed E-state index contributed by atoms with van der Waals surface area (Å²) in [6, 6.07) is 3.06. The van der Waals surface area contributed by atoms with Crippen molar-refractivity contribution in [3.05, 3.63) is 42.1 Å². The van der Waals surface area contributed by atoms with Crippen molar-refractivity contribution in [1.29, 1.82) is 0 Å². The molecule has 4 amide bonds. The number of amides is 4. The number of nitrogens with one attached hydrogen (secondary N) is 3. The monoisotopic (exact) mass is 749 g/mol. The Morgan fingerprint density at radius 3 is 2.39 bits per heavy atom. The van der Waals surface area contributed by atoms with Crippen molar-refractivity contribution >= 4 is 56.2 Å². The number of nitrogens with zero attached hydrogens (tertiary/aromatic N) is 2. The fourth-order valence-corrected chi connectivity index (χ4v) is 7.22. The van der Waals surface area contributed by atoms with Gasteiger partial charge in [-0.3, -0.25) is 19.1 Å². The molecule has 0 unspecified atom stereocenters. The molecule has 51 heavy (non-hydrogen) atoms. The standard InChI is InChI=1S/C35H48ClN5O9S/c1-9-20(29(42)40-51(46,47)23-11-12-23)14-15-37-30(43)26-17-22(49-31-25-16-21(36)10-13-24(25)27(48-8)18-38-31)19-41(26)32(44)28(34(2,3)4)39-33(45)50-35(5,6)7/h9-10,13,16,18,20,22-23,26,28H,1,11-12,14-15,17,19H2,2-8H3,(H,37,43)(H,39,45)(H,40,42)/t20-,22-,26+,28-/m1/s1. The molecule has 280 valence electrons. The van der Waals surface area contributed by atoms with E-state index in [1.165, 1.54) is 24.3 Å². The first-order valence-corrected chi connectivity index (χ1v) is 18.7. The number of sulfonamides is 1. The largest absolute Gasteiger partial charge is 0.494 e. The molecule has 1 aliphatic heterocycles. The molecule has 3 N–H and O–H groups in total. The van der Waals surface area contributed by atoms with Gasteiger partial charge >= 0.3 is 6.09 Å². The Morgan fingerprint density at radius 2 is 1.80 bits per heavy atom. The molecule has 0 radical (unpaired) electrons. The minimum Gasteiger partial charge on any atom is -0.494 e. The SMILES string of the molecule is C=C[C@H](CCNC(=O)[C@@H]1C[C@@H](Oc2ncc(OC)c3ccc(Cl)cc23)CN1C(=O)[C@@H](NC(=O)OC(C)(C)C)C(C)(C)C)C(=O)NS(=O)(=O)C1CC1. The molecule has 2 heterocycles. The maximum absolute atomic E-state index is 14.3. The summed E-state index contributed by atoms with van der Waals surface area (Å²) in [6.07, 6.45) is 2.49. The van der Waals surface area contributed by atoms with E-state index in [1.807, 2.05) is 0 Å². The number of halogens is 1. The van der Waals surface area contributed by atoms with Crippen LogP contribution in [-0.4, -0.2) is 91.4 Å². The molecular weight excluding hydrogens is 702 g/mol. The van der Waals surface area contributed by atoms with E-state index < -0.39 is 74.2 Å². The van der Waals surface area contributed by atoms with Gasteiger partial charge in [0, 0.05) is 28.8 Å². The molecule has 0 bridgehead atoms. The van der Waals surface area contributed by atoms with Gasteiger partial charge in [0.2, 0.25) is 33.6 Å². The van der Waals surface area contributed by atoms with Crippen LogP contribution in [0.2, 0.25) is 5.02 Å². The van der Waals surface area contributed by atoms with Crippen molar-refractivity contribution in [1.82, 2.24) is 25.2 Å². The second-order valence-electron chi connectivity index (χ2n) is 14.9. The normalized spacial score (nSPS) is 19.1. The molecule has 1 aromatic heterocycles. The number of benzene rings is 1. The van der Waals surface area contributed by atoms with E-state index in [4.69, 9.17) is 25.8 Å². The molecule has 1 saturated heterocycles. The Kier molecular flexibility index (Phi) is 12.2. The lowest BCUT2D eigenvalue weighted by molar-refractivity contribution is -0.142. The third-order valence-corrected chi connectivity index (χ3v) is 10.5. The summed E-state index contributed by atoms with van der Waals surface area (Å²) in [4.78, 5) is 59.5. The summed E-state index contributed by atoms with van der Waals surface area (Å²) in [7, 11) is -2.24. The molecule has 4 rings (SSSR count). The van der Waals surface area contributed by atoms with Crippen molar-refractivity contribution in [3.8, 4) is 11.6 Å². The van der Waals surface area contributed by atoms with Gasteiger partial charge in [-0.25, -0.2) is 18.2 Å². The van der Waals surface area contributed by atoms with Crippen molar-refractivity contribution in [2.45, 2.75) is 96.3 Å². The van der Waals surface area contributed by atoms with Gasteiger partial charge < -0.3 is 29.7 Å². The van der Waals surface area contributed by atoms with Crippen LogP contribution in [0, 0.1) is 11.3 Å². The number of pyridine rings is 1. The van der Waals surface area contributed by atoms with E-state index in [2.05, 4.69) is 26.9 Å². The summed E-state index contributed by atoms with van der Waals surface area (Å²) in [5.41, 5.74) is -1.60. The van der Waals surface area contributed by atoms with Crippen LogP contribution in [0.1, 0.15) is 67.2 Å². The molecule has 2 aliphatic rings. The third kappa shape index (κ3) is 10.2. The highest BCUT2D eigenvalue weighted by Crippen LogP contribution is 2.35. The topological polar surface area (TPSA) is 182 Å². The van der Waals surface area contributed by atoms with Gasteiger partial charge in [0.15, 0.2) is 0 Å². The second kappa shape index (κ2) is 15.6. The van der Waals surface area contributed by atoms with E-state index >= 15 is 0 Å². The number of hydrogen-bond donors (Lipinski definition) is 3. The molecule has 14 nitrogen and oxygen atoms in total. The molecule has 2 fully saturated rings. The van der Waals surface area contributed by atoms with E-state index in [1.54, 1.807) is 59.7 Å². The van der Waals surface area contributed by atoms with Gasteiger partial charge in [-0.1, -0.05) is 38.4 Å². The van der Waals surface area contributed by atoms with Gasteiger partial charge in [-0.15, -0.1) is 6.58 Å². The first-order valence-electron chi connectivity index (χ1n) is 16.8. The fraction of sp³-hybridized carbons (Fsp3) is 0.571. The van der Waals surface area contributed by atoms with Crippen LogP contribution >= 0.6 is 11.6 Å². The minimum atomic E-state index is -3.76. The Balaban J connectivity index is 1.56. The number of likely N-dealkylation sites (tertiary alicyclic amines) is 1. The highest BCUT2D eigenvalue weighted by atomic mass is 35.5. The molecule has 1 aliphatic carbocycles. The minimum absolute atomic E-state index is 0.0154. The number of ether oxygens (including phenoxy) is 3. The average molecular weight is 750 g/mol. The maximum atomic E-state index is 14.3. The van der Waals surface area contributed by atoms with Gasteiger partial charge in [0.25, 0.3) is 0 Å². The van der Waals surface area contributed by atoms with Crippen molar-refractivity contribution in [2.24, 2.45) is 11.3 Å². The van der Waals surface area contributed by atoms with Crippen molar-refractivity contribution < 1.29 is 41.8 Å². The zero-order valence-corrected chi connectivity index (χ0v) is 31.7. The zero-order valence-electron chi connectivity index (χ0n) is 30.1. The van der Waals surface area contributed by atoms with Crippen molar-refractivity contribution in [3.63, 3.8) is 0 Å². The Bertz CT molecular complexity index is 1770. The zero-order chi connectivity index (χ0) is 37.9. The Hall–Kier alpha value is -4.11. The molecule has 0 spiro atoms. The predicted octanol–water partition coefficient (Wildman–Crippen LogP) is 4.10. The lowest BCUT2D eigenvalue weighted by atomic mass is 9.85. The van der Waals surface area contributed by atoms with Crippen molar-refractivity contribution in [2.75, 3.05) is 20.2 Å². The molecule has 1 saturated carbocycles. The fourth-order valence-electron chi connectivity index (χ4n) is 5.70. The molecule has 4 atom stereocenters. The van der Waals surface area contributed by atoms with Gasteiger partial charge in [-0.05, 0) is 63.6 Å². The Morgan fingerprint density at radius 1 is 1.12 bits per heavy atom. The van der Waals surface area contributed by atoms with Crippen LogP contribution in [0.25, 0.3) is 10.8 Å². The van der Waals surface area contributed by atoms with Crippen LogP contribution in [0.15, 0.2) is 37.1 Å². The summed E-state index contributed by atoms with van der Waals surface area (Å²) >= 11 is 6.30. The third-order valence-electron chi connectivity index (χ3n) is 8.48. The summed E-state index contributed by atoms with van der Waals surface area (Å²) in [5.74, 6) is -1.93. The van der Waals surface area contributed by atoms with Gasteiger partial charge in [0.05, 0.1) is 31.0 Å². The van der Waals surface area contributed by atoms with Crippen LogP contribution in [0.5, 0.6) is 11.6 Å². The quantitative estimate of drug-likeness (QED) is 0.252. The smallest absolute Gasteiger partial charge is 0.408 e. The number of alkyl carbamates (subject to hydrolysis) is 1. The first kappa shape index (κ1) is 39.7. The predicted molar refractivity (Wildman–Crippen MR) is 192 cm³/mol. The van der Waals surface area contributed by atoms with Crippen LogP contribution in [0.4, 0.5) is 4.79 Å². The highest BCUT2D eigenvalue weighted by molar-refractivity contribution is 7.90. The van der Waals surface area contributed by atoms with E-state index in [9.17, 15) is 27.6 Å².